The van der Waals surface area contributed by atoms with Gasteiger partial charge in [-0.1, -0.05) is 18.2 Å². The number of carboxylic acids is 1. The summed E-state index contributed by atoms with van der Waals surface area (Å²) in [6.45, 7) is 3.97. The Morgan fingerprint density at radius 2 is 1.88 bits per heavy atom. The standard InChI is InChI=1S/C24H26F2N4O3/c1-14-12-17(15(2)27-19-7-5-4-6-16(19)22(32)33)20-18(13-14)21(31)29(3)23(28-20)30-10-8-24(25,26)9-11-30/h4-7,12-13,15,27H,8-11H2,1-3H3,(H,32,33)/t15-/m0/s1. The number of aromatic nitrogens is 2. The van der Waals surface area contributed by atoms with Gasteiger partial charge in [0.05, 0.1) is 22.5 Å². The Labute approximate surface area is 189 Å². The predicted molar refractivity (Wildman–Crippen MR) is 124 cm³/mol. The number of aromatic carboxylic acids is 1. The van der Waals surface area contributed by atoms with Crippen molar-refractivity contribution in [3.05, 3.63) is 63.4 Å². The summed E-state index contributed by atoms with van der Waals surface area (Å²) >= 11 is 0. The molecule has 1 atom stereocenters. The average molecular weight is 456 g/mol. The van der Waals surface area contributed by atoms with E-state index in [-0.39, 0.29) is 43.1 Å². The van der Waals surface area contributed by atoms with Crippen LogP contribution in [-0.2, 0) is 7.05 Å². The molecule has 0 radical (unpaired) electrons. The van der Waals surface area contributed by atoms with Crippen LogP contribution in [0.4, 0.5) is 20.4 Å². The molecule has 2 aromatic carbocycles. The number of halogens is 2. The third-order valence-corrected chi connectivity index (χ3v) is 6.10. The Hall–Kier alpha value is -3.49. The maximum absolute atomic E-state index is 13.7. The summed E-state index contributed by atoms with van der Waals surface area (Å²) in [5.41, 5.74) is 2.40. The fraction of sp³-hybridized carbons (Fsp3) is 0.375. The van der Waals surface area contributed by atoms with E-state index in [1.54, 1.807) is 36.2 Å². The van der Waals surface area contributed by atoms with E-state index >= 15 is 0 Å². The summed E-state index contributed by atoms with van der Waals surface area (Å²) < 4.78 is 28.8. The van der Waals surface area contributed by atoms with Gasteiger partial charge in [-0.3, -0.25) is 9.36 Å². The molecule has 7 nitrogen and oxygen atoms in total. The Balaban J connectivity index is 1.80. The topological polar surface area (TPSA) is 87.5 Å². The van der Waals surface area contributed by atoms with Crippen LogP contribution in [-0.4, -0.2) is 39.6 Å². The normalized spacial score (nSPS) is 16.6. The number of carbonyl (C=O) groups is 1. The third kappa shape index (κ3) is 4.40. The highest BCUT2D eigenvalue weighted by Crippen LogP contribution is 2.32. The maximum Gasteiger partial charge on any atom is 0.337 e. The summed E-state index contributed by atoms with van der Waals surface area (Å²) in [5.74, 6) is -3.40. The van der Waals surface area contributed by atoms with Crippen molar-refractivity contribution in [2.45, 2.75) is 38.7 Å². The number of alkyl halides is 2. The average Bonchev–Trinajstić information content (AvgIpc) is 2.76. The van der Waals surface area contributed by atoms with Crippen molar-refractivity contribution in [2.75, 3.05) is 23.3 Å². The van der Waals surface area contributed by atoms with E-state index in [9.17, 15) is 23.5 Å². The minimum absolute atomic E-state index is 0.111. The second-order valence-corrected chi connectivity index (χ2v) is 8.59. The van der Waals surface area contributed by atoms with Crippen molar-refractivity contribution in [1.29, 1.82) is 0 Å². The number of anilines is 2. The van der Waals surface area contributed by atoms with Crippen LogP contribution in [0.1, 0.15) is 47.3 Å². The molecule has 9 heteroatoms. The minimum atomic E-state index is -2.70. The van der Waals surface area contributed by atoms with Crippen LogP contribution in [0, 0.1) is 6.92 Å². The molecule has 3 aromatic rings. The van der Waals surface area contributed by atoms with Gasteiger partial charge in [0.25, 0.3) is 11.5 Å². The van der Waals surface area contributed by atoms with Crippen molar-refractivity contribution in [2.24, 2.45) is 7.05 Å². The molecule has 0 aliphatic carbocycles. The van der Waals surface area contributed by atoms with Crippen molar-refractivity contribution in [3.8, 4) is 0 Å². The molecule has 1 fully saturated rings. The van der Waals surface area contributed by atoms with E-state index in [2.05, 4.69) is 5.32 Å². The van der Waals surface area contributed by atoms with Crippen molar-refractivity contribution < 1.29 is 18.7 Å². The second-order valence-electron chi connectivity index (χ2n) is 8.59. The molecule has 1 aliphatic heterocycles. The number of nitrogens with one attached hydrogen (secondary N) is 1. The molecule has 1 saturated heterocycles. The third-order valence-electron chi connectivity index (χ3n) is 6.10. The van der Waals surface area contributed by atoms with Crippen molar-refractivity contribution in [3.63, 3.8) is 0 Å². The number of hydrogen-bond donors (Lipinski definition) is 2. The highest BCUT2D eigenvalue weighted by atomic mass is 19.3. The fourth-order valence-corrected chi connectivity index (χ4v) is 4.29. The lowest BCUT2D eigenvalue weighted by Crippen LogP contribution is -2.42. The molecule has 33 heavy (non-hydrogen) atoms. The summed E-state index contributed by atoms with van der Waals surface area (Å²) in [6.07, 6.45) is -0.572. The first-order chi connectivity index (χ1) is 15.6. The molecular formula is C24H26F2N4O3. The molecule has 2 heterocycles. The van der Waals surface area contributed by atoms with Gasteiger partial charge in [-0.15, -0.1) is 0 Å². The number of aryl methyl sites for hydroxylation is 1. The van der Waals surface area contributed by atoms with E-state index < -0.39 is 11.9 Å². The number of piperidine rings is 1. The highest BCUT2D eigenvalue weighted by molar-refractivity contribution is 5.94. The lowest BCUT2D eigenvalue weighted by Gasteiger charge is -2.33. The van der Waals surface area contributed by atoms with E-state index in [0.717, 1.165) is 11.1 Å². The molecule has 1 aromatic heterocycles. The summed E-state index contributed by atoms with van der Waals surface area (Å²) in [6, 6.07) is 9.90. The molecule has 4 rings (SSSR count). The van der Waals surface area contributed by atoms with E-state index in [4.69, 9.17) is 4.98 Å². The lowest BCUT2D eigenvalue weighted by molar-refractivity contribution is -0.0223. The number of fused-ring (bicyclic) bond motifs is 1. The van der Waals surface area contributed by atoms with E-state index in [1.165, 1.54) is 10.6 Å². The molecular weight excluding hydrogens is 430 g/mol. The van der Waals surface area contributed by atoms with Gasteiger partial charge < -0.3 is 15.3 Å². The summed E-state index contributed by atoms with van der Waals surface area (Å²) in [7, 11) is 1.60. The molecule has 0 saturated carbocycles. The van der Waals surface area contributed by atoms with Gasteiger partial charge in [-0.25, -0.2) is 18.6 Å². The zero-order valence-electron chi connectivity index (χ0n) is 18.7. The van der Waals surface area contributed by atoms with Gasteiger partial charge in [-0.2, -0.15) is 0 Å². The first kappa shape index (κ1) is 22.7. The van der Waals surface area contributed by atoms with Crippen LogP contribution >= 0.6 is 0 Å². The highest BCUT2D eigenvalue weighted by Gasteiger charge is 2.35. The number of hydrogen-bond acceptors (Lipinski definition) is 5. The monoisotopic (exact) mass is 456 g/mol. The zero-order valence-corrected chi connectivity index (χ0v) is 18.7. The van der Waals surface area contributed by atoms with Gasteiger partial charge in [0.1, 0.15) is 0 Å². The van der Waals surface area contributed by atoms with E-state index in [0.29, 0.717) is 22.5 Å². The quantitative estimate of drug-likeness (QED) is 0.594. The lowest BCUT2D eigenvalue weighted by atomic mass is 10.0. The number of rotatable bonds is 5. The van der Waals surface area contributed by atoms with Gasteiger partial charge in [0.15, 0.2) is 0 Å². The van der Waals surface area contributed by atoms with Crippen LogP contribution in [0.25, 0.3) is 10.9 Å². The molecule has 0 spiro atoms. The van der Waals surface area contributed by atoms with Gasteiger partial charge in [0, 0.05) is 44.2 Å². The van der Waals surface area contributed by atoms with Crippen molar-refractivity contribution in [1.82, 2.24) is 9.55 Å². The molecule has 0 bridgehead atoms. The second kappa shape index (κ2) is 8.46. The fourth-order valence-electron chi connectivity index (χ4n) is 4.29. The smallest absolute Gasteiger partial charge is 0.337 e. The van der Waals surface area contributed by atoms with Crippen LogP contribution in [0.2, 0.25) is 0 Å². The van der Waals surface area contributed by atoms with Gasteiger partial charge in [-0.05, 0) is 37.6 Å². The molecule has 174 valence electrons. The Kier molecular flexibility index (Phi) is 5.82. The van der Waals surface area contributed by atoms with E-state index in [1.807, 2.05) is 19.9 Å². The molecule has 0 unspecified atom stereocenters. The molecule has 1 aliphatic rings. The van der Waals surface area contributed by atoms with Crippen LogP contribution < -0.4 is 15.8 Å². The van der Waals surface area contributed by atoms with Gasteiger partial charge >= 0.3 is 5.97 Å². The first-order valence-electron chi connectivity index (χ1n) is 10.8. The Morgan fingerprint density at radius 1 is 1.21 bits per heavy atom. The van der Waals surface area contributed by atoms with Crippen LogP contribution in [0.5, 0.6) is 0 Å². The predicted octanol–water partition coefficient (Wildman–Crippen LogP) is 4.35. The summed E-state index contributed by atoms with van der Waals surface area (Å²) in [5, 5.41) is 13.2. The molecule has 0 amide bonds. The number of nitrogens with zero attached hydrogens (tertiary/aromatic N) is 3. The number of para-hydroxylation sites is 1. The molecule has 2 N–H and O–H groups in total. The number of benzene rings is 2. The van der Waals surface area contributed by atoms with Crippen molar-refractivity contribution >= 4 is 28.5 Å². The Bertz CT molecular complexity index is 1280. The largest absolute Gasteiger partial charge is 0.478 e. The summed E-state index contributed by atoms with van der Waals surface area (Å²) in [4.78, 5) is 31.3. The SMILES string of the molecule is Cc1cc([C@H](C)Nc2ccccc2C(=O)O)c2nc(N3CCC(F)(F)CC3)n(C)c(=O)c2c1. The maximum atomic E-state index is 13.7. The van der Waals surface area contributed by atoms with Crippen LogP contribution in [0.3, 0.4) is 0 Å². The van der Waals surface area contributed by atoms with Crippen LogP contribution in [0.15, 0.2) is 41.2 Å². The van der Waals surface area contributed by atoms with Gasteiger partial charge in [0.2, 0.25) is 5.95 Å². The first-order valence-corrected chi connectivity index (χ1v) is 10.8. The minimum Gasteiger partial charge on any atom is -0.478 e. The Morgan fingerprint density at radius 3 is 2.55 bits per heavy atom. The zero-order chi connectivity index (χ0) is 23.9. The number of carboxylic acid groups (broad SMARTS) is 1.